The van der Waals surface area contributed by atoms with Gasteiger partial charge in [0, 0.05) is 6.42 Å². The normalized spacial score (nSPS) is 19.4. The average molecular weight is 176 g/mol. The average Bonchev–Trinajstić information content (AvgIpc) is 2.00. The summed E-state index contributed by atoms with van der Waals surface area (Å²) in [6.45, 7) is 1.31. The Hall–Kier alpha value is -0.420. The third-order valence-corrected chi connectivity index (χ3v) is 1.50. The van der Waals surface area contributed by atoms with E-state index < -0.39 is 18.3 Å². The molecule has 0 amide bonds. The molecular formula is C8H16O4. The van der Waals surface area contributed by atoms with Crippen molar-refractivity contribution in [1.82, 2.24) is 0 Å². The number of hydrogen-bond donors (Lipinski definition) is 4. The molecule has 0 aliphatic carbocycles. The molecule has 0 aromatic rings. The first-order valence-corrected chi connectivity index (χ1v) is 3.89. The van der Waals surface area contributed by atoms with Crippen LogP contribution in [0, 0.1) is 0 Å². The molecule has 4 nitrogen and oxygen atoms in total. The fourth-order valence-corrected chi connectivity index (χ4v) is 0.741. The van der Waals surface area contributed by atoms with Gasteiger partial charge in [-0.15, -0.1) is 0 Å². The highest BCUT2D eigenvalue weighted by Crippen LogP contribution is 2.03. The van der Waals surface area contributed by atoms with E-state index in [-0.39, 0.29) is 13.0 Å². The summed E-state index contributed by atoms with van der Waals surface area (Å²) in [5.74, 6) is 0. The molecule has 0 aromatic heterocycles. The highest BCUT2D eigenvalue weighted by atomic mass is 16.3. The van der Waals surface area contributed by atoms with Crippen LogP contribution in [0.5, 0.6) is 0 Å². The van der Waals surface area contributed by atoms with Gasteiger partial charge in [0.1, 0.15) is 0 Å². The van der Waals surface area contributed by atoms with Crippen molar-refractivity contribution in [2.45, 2.75) is 31.7 Å². The van der Waals surface area contributed by atoms with Crippen LogP contribution in [0.25, 0.3) is 0 Å². The van der Waals surface area contributed by atoms with Crippen LogP contribution in [0.1, 0.15) is 13.3 Å². The zero-order valence-corrected chi connectivity index (χ0v) is 7.09. The summed E-state index contributed by atoms with van der Waals surface area (Å²) in [4.78, 5) is 0. The van der Waals surface area contributed by atoms with Crippen molar-refractivity contribution < 1.29 is 20.4 Å². The van der Waals surface area contributed by atoms with Gasteiger partial charge in [-0.3, -0.25) is 0 Å². The molecule has 12 heavy (non-hydrogen) atoms. The highest BCUT2D eigenvalue weighted by molar-refractivity contribution is 4.89. The zero-order chi connectivity index (χ0) is 9.56. The molecule has 0 saturated heterocycles. The molecule has 0 fully saturated rings. The van der Waals surface area contributed by atoms with Gasteiger partial charge in [-0.25, -0.2) is 0 Å². The first kappa shape index (κ1) is 11.6. The van der Waals surface area contributed by atoms with Crippen molar-refractivity contribution in [2.24, 2.45) is 0 Å². The minimum atomic E-state index is -0.927. The van der Waals surface area contributed by atoms with Gasteiger partial charge in [0.05, 0.1) is 24.9 Å². The van der Waals surface area contributed by atoms with Crippen molar-refractivity contribution in [3.8, 4) is 0 Å². The Morgan fingerprint density at radius 3 is 2.25 bits per heavy atom. The van der Waals surface area contributed by atoms with E-state index in [1.54, 1.807) is 0 Å². The van der Waals surface area contributed by atoms with Crippen molar-refractivity contribution in [1.29, 1.82) is 0 Å². The Kier molecular flexibility index (Phi) is 5.92. The van der Waals surface area contributed by atoms with E-state index in [9.17, 15) is 0 Å². The quantitative estimate of drug-likeness (QED) is 0.406. The molecule has 0 saturated carbocycles. The van der Waals surface area contributed by atoms with E-state index in [1.165, 1.54) is 19.1 Å². The molecule has 0 spiro atoms. The standard InChI is InChI=1S/C8H16O4/c1-6(10)8(12)5-7(11)3-2-4-9/h2-3,6-12H,4-5H2,1H3. The molecule has 0 aliphatic heterocycles. The lowest BCUT2D eigenvalue weighted by Crippen LogP contribution is -2.26. The molecule has 0 aliphatic rings. The van der Waals surface area contributed by atoms with Crippen LogP contribution in [0.15, 0.2) is 12.2 Å². The summed E-state index contributed by atoms with van der Waals surface area (Å²) in [6, 6.07) is 0. The van der Waals surface area contributed by atoms with E-state index in [0.717, 1.165) is 0 Å². The van der Waals surface area contributed by atoms with Gasteiger partial charge in [-0.05, 0) is 6.92 Å². The van der Waals surface area contributed by atoms with Crippen LogP contribution < -0.4 is 0 Å². The second kappa shape index (κ2) is 6.14. The third kappa shape index (κ3) is 5.26. The minimum Gasteiger partial charge on any atom is -0.392 e. The smallest absolute Gasteiger partial charge is 0.0824 e. The molecule has 0 bridgehead atoms. The van der Waals surface area contributed by atoms with Gasteiger partial charge in [0.2, 0.25) is 0 Å². The van der Waals surface area contributed by atoms with Gasteiger partial charge < -0.3 is 20.4 Å². The Labute approximate surface area is 71.8 Å². The van der Waals surface area contributed by atoms with Crippen LogP contribution in [0.4, 0.5) is 0 Å². The Morgan fingerprint density at radius 2 is 1.83 bits per heavy atom. The van der Waals surface area contributed by atoms with E-state index in [2.05, 4.69) is 0 Å². The van der Waals surface area contributed by atoms with Gasteiger partial charge in [0.15, 0.2) is 0 Å². The van der Waals surface area contributed by atoms with Crippen molar-refractivity contribution in [3.63, 3.8) is 0 Å². The number of hydrogen-bond acceptors (Lipinski definition) is 4. The van der Waals surface area contributed by atoms with E-state index in [4.69, 9.17) is 20.4 Å². The summed E-state index contributed by atoms with van der Waals surface area (Å²) in [5, 5.41) is 35.4. The van der Waals surface area contributed by atoms with Gasteiger partial charge in [0.25, 0.3) is 0 Å². The first-order chi connectivity index (χ1) is 5.57. The molecule has 0 rings (SSSR count). The Bertz CT molecular complexity index is 133. The maximum Gasteiger partial charge on any atom is 0.0824 e. The Balaban J connectivity index is 3.68. The summed E-state index contributed by atoms with van der Waals surface area (Å²) < 4.78 is 0. The summed E-state index contributed by atoms with van der Waals surface area (Å²) in [5.41, 5.74) is 0. The minimum absolute atomic E-state index is 0.0775. The van der Waals surface area contributed by atoms with Gasteiger partial charge in [-0.1, -0.05) is 12.2 Å². The second-order valence-electron chi connectivity index (χ2n) is 2.72. The second-order valence-corrected chi connectivity index (χ2v) is 2.72. The lowest BCUT2D eigenvalue weighted by atomic mass is 10.1. The molecular weight excluding hydrogens is 160 g/mol. The fraction of sp³-hybridized carbons (Fsp3) is 0.750. The van der Waals surface area contributed by atoms with E-state index in [1.807, 2.05) is 0 Å². The summed E-state index contributed by atoms with van der Waals surface area (Å²) in [7, 11) is 0. The predicted octanol–water partition coefficient (Wildman–Crippen LogP) is -0.972. The zero-order valence-electron chi connectivity index (χ0n) is 7.09. The highest BCUT2D eigenvalue weighted by Gasteiger charge is 2.13. The van der Waals surface area contributed by atoms with Crippen LogP contribution in [-0.2, 0) is 0 Å². The molecule has 4 N–H and O–H groups in total. The van der Waals surface area contributed by atoms with Crippen LogP contribution in [-0.4, -0.2) is 45.3 Å². The van der Waals surface area contributed by atoms with Gasteiger partial charge >= 0.3 is 0 Å². The maximum absolute atomic E-state index is 9.13. The monoisotopic (exact) mass is 176 g/mol. The number of aliphatic hydroxyl groups excluding tert-OH is 4. The fourth-order valence-electron chi connectivity index (χ4n) is 0.741. The molecule has 3 unspecified atom stereocenters. The maximum atomic E-state index is 9.13. The Morgan fingerprint density at radius 1 is 1.25 bits per heavy atom. The predicted molar refractivity (Wildman–Crippen MR) is 44.5 cm³/mol. The first-order valence-electron chi connectivity index (χ1n) is 3.89. The summed E-state index contributed by atoms with van der Waals surface area (Å²) in [6.07, 6.45) is 0.256. The third-order valence-electron chi connectivity index (χ3n) is 1.50. The van der Waals surface area contributed by atoms with Crippen LogP contribution in [0.3, 0.4) is 0 Å². The number of rotatable bonds is 5. The lowest BCUT2D eigenvalue weighted by Gasteiger charge is -2.15. The van der Waals surface area contributed by atoms with E-state index >= 15 is 0 Å². The van der Waals surface area contributed by atoms with Crippen LogP contribution in [0.2, 0.25) is 0 Å². The lowest BCUT2D eigenvalue weighted by molar-refractivity contribution is 0.00565. The van der Waals surface area contributed by atoms with Crippen molar-refractivity contribution in [3.05, 3.63) is 12.2 Å². The molecule has 0 heterocycles. The molecule has 4 heteroatoms. The van der Waals surface area contributed by atoms with Crippen molar-refractivity contribution >= 4 is 0 Å². The molecule has 0 aromatic carbocycles. The number of aliphatic hydroxyl groups is 4. The molecule has 72 valence electrons. The van der Waals surface area contributed by atoms with Crippen LogP contribution >= 0.6 is 0 Å². The van der Waals surface area contributed by atoms with Gasteiger partial charge in [-0.2, -0.15) is 0 Å². The SMILES string of the molecule is CC(O)C(O)CC(O)C=CCO. The molecule has 0 radical (unpaired) electrons. The largest absolute Gasteiger partial charge is 0.392 e. The summed E-state index contributed by atoms with van der Waals surface area (Å²) >= 11 is 0. The van der Waals surface area contributed by atoms with E-state index in [0.29, 0.717) is 0 Å². The van der Waals surface area contributed by atoms with Crippen molar-refractivity contribution in [2.75, 3.05) is 6.61 Å². The molecule has 3 atom stereocenters. The topological polar surface area (TPSA) is 80.9 Å².